The van der Waals surface area contributed by atoms with Crippen LogP contribution in [0.5, 0.6) is 0 Å². The van der Waals surface area contributed by atoms with Gasteiger partial charge in [-0.15, -0.1) is 0 Å². The van der Waals surface area contributed by atoms with Gasteiger partial charge in [0.05, 0.1) is 12.6 Å². The molecule has 0 radical (unpaired) electrons. The Kier molecular flexibility index (Phi) is 5.00. The number of nitrogens with one attached hydrogen (secondary N) is 1. The molecule has 0 spiro atoms. The molecule has 5 heteroatoms. The first-order chi connectivity index (χ1) is 9.54. The summed E-state index contributed by atoms with van der Waals surface area (Å²) in [5.74, 6) is 0.410. The van der Waals surface area contributed by atoms with Crippen molar-refractivity contribution in [2.24, 2.45) is 11.7 Å². The molecule has 112 valence electrons. The van der Waals surface area contributed by atoms with E-state index in [0.29, 0.717) is 12.5 Å². The third-order valence-electron chi connectivity index (χ3n) is 4.72. The van der Waals surface area contributed by atoms with Crippen molar-refractivity contribution in [3.63, 3.8) is 0 Å². The highest BCUT2D eigenvalue weighted by atomic mass is 16.2. The molecule has 20 heavy (non-hydrogen) atoms. The van der Waals surface area contributed by atoms with E-state index in [1.165, 1.54) is 6.42 Å². The molecule has 0 aromatic rings. The number of nitrogens with zero attached hydrogens (tertiary/aromatic N) is 2. The Hall–Kier alpha value is -1.12. The molecule has 2 aliphatic rings. The Morgan fingerprint density at radius 1 is 1.45 bits per heavy atom. The van der Waals surface area contributed by atoms with Gasteiger partial charge in [-0.1, -0.05) is 26.2 Å². The Bertz CT molecular complexity index is 384. The highest BCUT2D eigenvalue weighted by Crippen LogP contribution is 2.27. The van der Waals surface area contributed by atoms with Gasteiger partial charge in [0.1, 0.15) is 5.54 Å². The Morgan fingerprint density at radius 3 is 2.75 bits per heavy atom. The normalized spacial score (nSPS) is 30.4. The van der Waals surface area contributed by atoms with Crippen LogP contribution in [0.25, 0.3) is 0 Å². The van der Waals surface area contributed by atoms with Crippen LogP contribution in [0.3, 0.4) is 0 Å². The van der Waals surface area contributed by atoms with Crippen molar-refractivity contribution in [2.75, 3.05) is 19.6 Å². The van der Waals surface area contributed by atoms with Gasteiger partial charge in [0, 0.05) is 19.1 Å². The Morgan fingerprint density at radius 2 is 2.15 bits per heavy atom. The maximum absolute atomic E-state index is 12.2. The number of nitriles is 1. The average Bonchev–Trinajstić information content (AvgIpc) is 2.44. The van der Waals surface area contributed by atoms with Crippen LogP contribution in [0.4, 0.5) is 0 Å². The zero-order chi connectivity index (χ0) is 14.6. The topological polar surface area (TPSA) is 82.2 Å². The van der Waals surface area contributed by atoms with E-state index >= 15 is 0 Å². The third-order valence-corrected chi connectivity index (χ3v) is 4.72. The summed E-state index contributed by atoms with van der Waals surface area (Å²) in [7, 11) is 0. The van der Waals surface area contributed by atoms with Gasteiger partial charge in [-0.3, -0.25) is 9.69 Å². The highest BCUT2D eigenvalue weighted by Gasteiger charge is 2.34. The first kappa shape index (κ1) is 15.3. The number of amides is 1. The molecule has 1 aliphatic heterocycles. The third kappa shape index (κ3) is 3.71. The fourth-order valence-corrected chi connectivity index (χ4v) is 3.32. The summed E-state index contributed by atoms with van der Waals surface area (Å²) in [4.78, 5) is 14.3. The summed E-state index contributed by atoms with van der Waals surface area (Å²) in [5, 5.41) is 12.4. The van der Waals surface area contributed by atoms with Crippen molar-refractivity contribution in [1.29, 1.82) is 5.26 Å². The molecule has 1 saturated carbocycles. The lowest BCUT2D eigenvalue weighted by molar-refractivity contribution is -0.124. The summed E-state index contributed by atoms with van der Waals surface area (Å²) >= 11 is 0. The first-order valence-electron chi connectivity index (χ1n) is 7.75. The number of piperidine rings is 1. The molecule has 1 saturated heterocycles. The predicted octanol–water partition coefficient (Wildman–Crippen LogP) is 0.998. The van der Waals surface area contributed by atoms with Crippen molar-refractivity contribution in [3.05, 3.63) is 0 Å². The average molecular weight is 278 g/mol. The van der Waals surface area contributed by atoms with Crippen molar-refractivity contribution >= 4 is 5.91 Å². The zero-order valence-electron chi connectivity index (χ0n) is 12.4. The molecule has 5 nitrogen and oxygen atoms in total. The van der Waals surface area contributed by atoms with Crippen molar-refractivity contribution < 1.29 is 4.79 Å². The molecule has 2 rings (SSSR count). The number of hydrogen-bond donors (Lipinski definition) is 2. The van der Waals surface area contributed by atoms with Crippen LogP contribution in [-0.2, 0) is 4.79 Å². The van der Waals surface area contributed by atoms with E-state index in [0.717, 1.165) is 45.2 Å². The van der Waals surface area contributed by atoms with E-state index in [4.69, 9.17) is 5.73 Å². The maximum atomic E-state index is 12.2. The molecule has 1 heterocycles. The van der Waals surface area contributed by atoms with E-state index in [1.54, 1.807) is 0 Å². The maximum Gasteiger partial charge on any atom is 0.235 e. The molecule has 3 N–H and O–H groups in total. The largest absolute Gasteiger partial charge is 0.337 e. The van der Waals surface area contributed by atoms with Crippen LogP contribution in [0.15, 0.2) is 0 Å². The van der Waals surface area contributed by atoms with Gasteiger partial charge in [0.25, 0.3) is 0 Å². The van der Waals surface area contributed by atoms with Gasteiger partial charge in [-0.25, -0.2) is 0 Å². The second kappa shape index (κ2) is 6.55. The second-order valence-corrected chi connectivity index (χ2v) is 6.47. The van der Waals surface area contributed by atoms with Gasteiger partial charge in [0.15, 0.2) is 0 Å². The summed E-state index contributed by atoms with van der Waals surface area (Å²) in [5.41, 5.74) is 5.38. The minimum absolute atomic E-state index is 0.0175. The fraction of sp³-hybridized carbons (Fsp3) is 0.867. The molecule has 0 bridgehead atoms. The minimum Gasteiger partial charge on any atom is -0.337 e. The summed E-state index contributed by atoms with van der Waals surface area (Å²) in [6.07, 6.45) is 5.75. The smallest absolute Gasteiger partial charge is 0.235 e. The fourth-order valence-electron chi connectivity index (χ4n) is 3.32. The van der Waals surface area contributed by atoms with Crippen molar-refractivity contribution in [1.82, 2.24) is 10.2 Å². The van der Waals surface area contributed by atoms with Crippen LogP contribution < -0.4 is 11.1 Å². The Labute approximate surface area is 121 Å². The number of nitrogens with two attached hydrogens (primary N) is 1. The lowest BCUT2D eigenvalue weighted by atomic mass is 9.83. The zero-order valence-corrected chi connectivity index (χ0v) is 12.4. The van der Waals surface area contributed by atoms with Gasteiger partial charge in [0.2, 0.25) is 5.91 Å². The number of carbonyl (C=O) groups excluding carboxylic acids is 1. The van der Waals surface area contributed by atoms with E-state index in [9.17, 15) is 10.1 Å². The van der Waals surface area contributed by atoms with Crippen LogP contribution in [-0.4, -0.2) is 42.0 Å². The SMILES string of the molecule is CC1CN(CC(=O)NC2(C#N)CCCCC2)CCC1N. The van der Waals surface area contributed by atoms with Gasteiger partial charge in [-0.05, 0) is 25.2 Å². The van der Waals surface area contributed by atoms with Crippen molar-refractivity contribution in [3.8, 4) is 6.07 Å². The van der Waals surface area contributed by atoms with Crippen molar-refractivity contribution in [2.45, 2.75) is 57.0 Å². The molecule has 2 unspecified atom stereocenters. The molecule has 1 amide bonds. The van der Waals surface area contributed by atoms with E-state index in [2.05, 4.69) is 23.2 Å². The first-order valence-corrected chi connectivity index (χ1v) is 7.75. The van der Waals surface area contributed by atoms with E-state index in [-0.39, 0.29) is 11.9 Å². The standard InChI is InChI=1S/C15H26N4O/c1-12-9-19(8-5-13(12)17)10-14(20)18-15(11-16)6-3-2-4-7-15/h12-13H,2-10,17H2,1H3,(H,18,20). The van der Waals surface area contributed by atoms with Gasteiger partial charge >= 0.3 is 0 Å². The van der Waals surface area contributed by atoms with Gasteiger partial charge in [-0.2, -0.15) is 5.26 Å². The number of likely N-dealkylation sites (tertiary alicyclic amines) is 1. The van der Waals surface area contributed by atoms with Crippen LogP contribution in [0, 0.1) is 17.2 Å². The summed E-state index contributed by atoms with van der Waals surface area (Å²) in [6, 6.07) is 2.58. The van der Waals surface area contributed by atoms with E-state index < -0.39 is 5.54 Å². The second-order valence-electron chi connectivity index (χ2n) is 6.47. The Balaban J connectivity index is 1.84. The summed E-state index contributed by atoms with van der Waals surface area (Å²) < 4.78 is 0. The quantitative estimate of drug-likeness (QED) is 0.807. The number of hydrogen-bond acceptors (Lipinski definition) is 4. The van der Waals surface area contributed by atoms with E-state index in [1.807, 2.05) is 0 Å². The molecule has 2 atom stereocenters. The lowest BCUT2D eigenvalue weighted by Crippen LogP contribution is -2.54. The highest BCUT2D eigenvalue weighted by molar-refractivity contribution is 5.79. The predicted molar refractivity (Wildman–Crippen MR) is 77.8 cm³/mol. The molecule has 2 fully saturated rings. The molecular formula is C15H26N4O. The minimum atomic E-state index is -0.618. The lowest BCUT2D eigenvalue weighted by Gasteiger charge is -2.36. The van der Waals surface area contributed by atoms with Crippen LogP contribution >= 0.6 is 0 Å². The molecular weight excluding hydrogens is 252 g/mol. The van der Waals surface area contributed by atoms with Crippen LogP contribution in [0.1, 0.15) is 45.4 Å². The monoisotopic (exact) mass is 278 g/mol. The molecule has 0 aromatic heterocycles. The summed E-state index contributed by atoms with van der Waals surface area (Å²) in [6.45, 7) is 4.26. The van der Waals surface area contributed by atoms with Crippen LogP contribution in [0.2, 0.25) is 0 Å². The molecule has 0 aromatic carbocycles. The van der Waals surface area contributed by atoms with Gasteiger partial charge < -0.3 is 11.1 Å². The number of carbonyl (C=O) groups is 1. The molecule has 1 aliphatic carbocycles. The number of rotatable bonds is 3.